The highest BCUT2D eigenvalue weighted by Crippen LogP contribution is 2.24. The molecule has 0 amide bonds. The molecule has 0 N–H and O–H groups in total. The molecule has 0 fully saturated rings. The standard InChI is InChI=1S/C16H18O2S/c1-12-3-7-15(8-4-12)18-11-16(19)13-5-9-14(17-2)10-6-13/h3-10,16,19H,11H2,1-2H3. The molecule has 0 heterocycles. The van der Waals surface area contributed by atoms with Crippen LogP contribution < -0.4 is 9.47 Å². The average molecular weight is 274 g/mol. The van der Waals surface area contributed by atoms with Crippen molar-refractivity contribution in [1.29, 1.82) is 0 Å². The molecule has 0 aromatic heterocycles. The predicted octanol–water partition coefficient (Wildman–Crippen LogP) is 4.05. The lowest BCUT2D eigenvalue weighted by molar-refractivity contribution is 0.319. The van der Waals surface area contributed by atoms with Crippen LogP contribution in [-0.4, -0.2) is 13.7 Å². The fourth-order valence-corrected chi connectivity index (χ4v) is 1.98. The summed E-state index contributed by atoms with van der Waals surface area (Å²) in [6.45, 7) is 2.60. The van der Waals surface area contributed by atoms with Crippen molar-refractivity contribution in [3.63, 3.8) is 0 Å². The Bertz CT molecular complexity index is 505. The fraction of sp³-hybridized carbons (Fsp3) is 0.250. The number of benzene rings is 2. The molecule has 0 bridgehead atoms. The van der Waals surface area contributed by atoms with Gasteiger partial charge < -0.3 is 9.47 Å². The van der Waals surface area contributed by atoms with Crippen LogP contribution in [0.3, 0.4) is 0 Å². The molecule has 1 atom stereocenters. The van der Waals surface area contributed by atoms with Crippen molar-refractivity contribution in [2.75, 3.05) is 13.7 Å². The zero-order chi connectivity index (χ0) is 13.7. The largest absolute Gasteiger partial charge is 0.497 e. The summed E-state index contributed by atoms with van der Waals surface area (Å²) in [4.78, 5) is 0. The van der Waals surface area contributed by atoms with Crippen LogP contribution in [0, 0.1) is 6.92 Å². The molecule has 0 spiro atoms. The topological polar surface area (TPSA) is 18.5 Å². The molecular weight excluding hydrogens is 256 g/mol. The Morgan fingerprint density at radius 2 is 1.53 bits per heavy atom. The van der Waals surface area contributed by atoms with Crippen molar-refractivity contribution in [3.8, 4) is 11.5 Å². The van der Waals surface area contributed by atoms with Gasteiger partial charge in [-0.05, 0) is 36.8 Å². The highest BCUT2D eigenvalue weighted by molar-refractivity contribution is 7.80. The molecule has 2 rings (SSSR count). The number of hydrogen-bond acceptors (Lipinski definition) is 3. The second kappa shape index (κ2) is 6.53. The molecule has 2 aromatic carbocycles. The maximum Gasteiger partial charge on any atom is 0.119 e. The van der Waals surface area contributed by atoms with Gasteiger partial charge in [0.25, 0.3) is 0 Å². The normalized spacial score (nSPS) is 11.9. The zero-order valence-corrected chi connectivity index (χ0v) is 12.1. The summed E-state index contributed by atoms with van der Waals surface area (Å²) in [5, 5.41) is 0.0483. The first-order valence-electron chi connectivity index (χ1n) is 6.20. The first-order valence-corrected chi connectivity index (χ1v) is 6.72. The van der Waals surface area contributed by atoms with E-state index in [1.54, 1.807) is 7.11 Å². The van der Waals surface area contributed by atoms with Gasteiger partial charge in [-0.2, -0.15) is 12.6 Å². The summed E-state index contributed by atoms with van der Waals surface area (Å²) < 4.78 is 10.9. The van der Waals surface area contributed by atoms with Crippen LogP contribution in [0.2, 0.25) is 0 Å². The number of thiol groups is 1. The van der Waals surface area contributed by atoms with Gasteiger partial charge in [0.1, 0.15) is 18.1 Å². The van der Waals surface area contributed by atoms with E-state index in [1.807, 2.05) is 48.5 Å². The molecular formula is C16H18O2S. The molecule has 19 heavy (non-hydrogen) atoms. The molecule has 0 saturated heterocycles. The van der Waals surface area contributed by atoms with Crippen molar-refractivity contribution < 1.29 is 9.47 Å². The molecule has 3 heteroatoms. The van der Waals surface area contributed by atoms with Gasteiger partial charge >= 0.3 is 0 Å². The van der Waals surface area contributed by atoms with Gasteiger partial charge in [-0.15, -0.1) is 0 Å². The smallest absolute Gasteiger partial charge is 0.119 e. The van der Waals surface area contributed by atoms with E-state index in [0.717, 1.165) is 17.1 Å². The minimum absolute atomic E-state index is 0.0483. The summed E-state index contributed by atoms with van der Waals surface area (Å²) in [5.41, 5.74) is 2.35. The summed E-state index contributed by atoms with van der Waals surface area (Å²) in [7, 11) is 1.66. The molecule has 2 aromatic rings. The van der Waals surface area contributed by atoms with E-state index in [-0.39, 0.29) is 5.25 Å². The maximum atomic E-state index is 5.73. The van der Waals surface area contributed by atoms with E-state index in [0.29, 0.717) is 6.61 Å². The van der Waals surface area contributed by atoms with Gasteiger partial charge in [-0.1, -0.05) is 29.8 Å². The number of rotatable bonds is 5. The molecule has 0 aliphatic rings. The molecule has 100 valence electrons. The van der Waals surface area contributed by atoms with Crippen LogP contribution >= 0.6 is 12.6 Å². The van der Waals surface area contributed by atoms with Gasteiger partial charge in [0.15, 0.2) is 0 Å². The Kier molecular flexibility index (Phi) is 4.74. The average Bonchev–Trinajstić information content (AvgIpc) is 2.46. The zero-order valence-electron chi connectivity index (χ0n) is 11.2. The quantitative estimate of drug-likeness (QED) is 0.829. The highest BCUT2D eigenvalue weighted by Gasteiger charge is 2.07. The highest BCUT2D eigenvalue weighted by atomic mass is 32.1. The summed E-state index contributed by atoms with van der Waals surface area (Å²) in [6, 6.07) is 15.9. The second-order valence-corrected chi connectivity index (χ2v) is 5.04. The van der Waals surface area contributed by atoms with Crippen LogP contribution in [0.25, 0.3) is 0 Å². The van der Waals surface area contributed by atoms with Crippen molar-refractivity contribution in [1.82, 2.24) is 0 Å². The van der Waals surface area contributed by atoms with Crippen LogP contribution in [0.4, 0.5) is 0 Å². The van der Waals surface area contributed by atoms with Crippen LogP contribution in [0.15, 0.2) is 48.5 Å². The number of aryl methyl sites for hydroxylation is 1. The monoisotopic (exact) mass is 274 g/mol. The molecule has 0 radical (unpaired) electrons. The second-order valence-electron chi connectivity index (χ2n) is 4.41. The van der Waals surface area contributed by atoms with Gasteiger partial charge in [0.2, 0.25) is 0 Å². The van der Waals surface area contributed by atoms with Crippen LogP contribution in [0.1, 0.15) is 16.4 Å². The number of ether oxygens (including phenoxy) is 2. The summed E-state index contributed by atoms with van der Waals surface area (Å²) >= 11 is 4.57. The van der Waals surface area contributed by atoms with Crippen molar-refractivity contribution in [2.45, 2.75) is 12.2 Å². The Hall–Kier alpha value is -1.61. The Morgan fingerprint density at radius 1 is 0.947 bits per heavy atom. The molecule has 0 saturated carbocycles. The van der Waals surface area contributed by atoms with Gasteiger partial charge in [-0.25, -0.2) is 0 Å². The fourth-order valence-electron chi connectivity index (χ4n) is 1.73. The predicted molar refractivity (Wildman–Crippen MR) is 81.4 cm³/mol. The molecule has 1 unspecified atom stereocenters. The van der Waals surface area contributed by atoms with Gasteiger partial charge in [-0.3, -0.25) is 0 Å². The lowest BCUT2D eigenvalue weighted by Crippen LogP contribution is -2.05. The third kappa shape index (κ3) is 3.93. The minimum Gasteiger partial charge on any atom is -0.497 e. The SMILES string of the molecule is COc1ccc(C(S)COc2ccc(C)cc2)cc1. The summed E-state index contributed by atoms with van der Waals surface area (Å²) in [6.07, 6.45) is 0. The van der Waals surface area contributed by atoms with E-state index < -0.39 is 0 Å². The van der Waals surface area contributed by atoms with E-state index in [2.05, 4.69) is 19.6 Å². The first-order chi connectivity index (χ1) is 9.19. The number of hydrogen-bond donors (Lipinski definition) is 1. The third-order valence-electron chi connectivity index (χ3n) is 2.93. The van der Waals surface area contributed by atoms with Crippen molar-refractivity contribution in [3.05, 3.63) is 59.7 Å². The third-order valence-corrected chi connectivity index (χ3v) is 3.38. The Labute approximate surface area is 119 Å². The van der Waals surface area contributed by atoms with Crippen molar-refractivity contribution >= 4 is 12.6 Å². The van der Waals surface area contributed by atoms with Crippen molar-refractivity contribution in [2.24, 2.45) is 0 Å². The Morgan fingerprint density at radius 3 is 2.11 bits per heavy atom. The van der Waals surface area contributed by atoms with E-state index in [9.17, 15) is 0 Å². The molecule has 0 aliphatic carbocycles. The minimum atomic E-state index is 0.0483. The lowest BCUT2D eigenvalue weighted by Gasteiger charge is -2.13. The first kappa shape index (κ1) is 13.8. The Balaban J connectivity index is 1.93. The maximum absolute atomic E-state index is 5.73. The van der Waals surface area contributed by atoms with E-state index >= 15 is 0 Å². The number of methoxy groups -OCH3 is 1. The van der Waals surface area contributed by atoms with E-state index in [1.165, 1.54) is 5.56 Å². The lowest BCUT2D eigenvalue weighted by atomic mass is 10.1. The molecule has 0 aliphatic heterocycles. The summed E-state index contributed by atoms with van der Waals surface area (Å²) in [5.74, 6) is 1.72. The van der Waals surface area contributed by atoms with Gasteiger partial charge in [0.05, 0.1) is 12.4 Å². The van der Waals surface area contributed by atoms with Gasteiger partial charge in [0, 0.05) is 0 Å². The van der Waals surface area contributed by atoms with E-state index in [4.69, 9.17) is 9.47 Å². The molecule has 2 nitrogen and oxygen atoms in total. The van der Waals surface area contributed by atoms with Crippen LogP contribution in [0.5, 0.6) is 11.5 Å². The van der Waals surface area contributed by atoms with Crippen LogP contribution in [-0.2, 0) is 0 Å².